The van der Waals surface area contributed by atoms with Crippen molar-refractivity contribution in [1.82, 2.24) is 0 Å². The van der Waals surface area contributed by atoms with Gasteiger partial charge in [0.15, 0.2) is 0 Å². The quantitative estimate of drug-likeness (QED) is 0.807. The van der Waals surface area contributed by atoms with Crippen molar-refractivity contribution in [3.8, 4) is 0 Å². The molecule has 1 heterocycles. The van der Waals surface area contributed by atoms with E-state index in [1.807, 2.05) is 24.3 Å². The summed E-state index contributed by atoms with van der Waals surface area (Å²) >= 11 is 8.51. The Morgan fingerprint density at radius 2 is 1.94 bits per heavy atom. The van der Waals surface area contributed by atoms with E-state index < -0.39 is 6.10 Å². The first-order chi connectivity index (χ1) is 8.13. The third-order valence-electron chi connectivity index (χ3n) is 2.71. The topological polar surface area (TPSA) is 20.2 Å². The van der Waals surface area contributed by atoms with E-state index in [4.69, 9.17) is 0 Å². The molecular weight excluding hydrogens is 364 g/mol. The van der Waals surface area contributed by atoms with E-state index in [2.05, 4.69) is 44.8 Å². The molecule has 2 rings (SSSR count). The van der Waals surface area contributed by atoms with Crippen LogP contribution < -0.4 is 0 Å². The number of aliphatic hydroxyl groups is 1. The first-order valence-electron chi connectivity index (χ1n) is 5.34. The second-order valence-electron chi connectivity index (χ2n) is 3.73. The SMILES string of the molecule is CCc1ccccc1C(O)c1cc(Br)sc1Br. The summed E-state index contributed by atoms with van der Waals surface area (Å²) in [7, 11) is 0. The lowest BCUT2D eigenvalue weighted by Gasteiger charge is -2.14. The van der Waals surface area contributed by atoms with Gasteiger partial charge in [-0.25, -0.2) is 0 Å². The molecule has 1 aromatic heterocycles. The third kappa shape index (κ3) is 2.81. The lowest BCUT2D eigenvalue weighted by atomic mass is 9.97. The Balaban J connectivity index is 2.43. The molecule has 90 valence electrons. The van der Waals surface area contributed by atoms with E-state index in [9.17, 15) is 5.11 Å². The summed E-state index contributed by atoms with van der Waals surface area (Å²) in [4.78, 5) is 0. The zero-order chi connectivity index (χ0) is 12.4. The second-order valence-corrected chi connectivity index (χ2v) is 7.48. The maximum Gasteiger partial charge on any atom is 0.106 e. The van der Waals surface area contributed by atoms with Crippen molar-refractivity contribution in [2.24, 2.45) is 0 Å². The average Bonchev–Trinajstić information content (AvgIpc) is 2.67. The average molecular weight is 376 g/mol. The van der Waals surface area contributed by atoms with Crippen LogP contribution in [0.15, 0.2) is 37.9 Å². The van der Waals surface area contributed by atoms with Gasteiger partial charge in [-0.15, -0.1) is 11.3 Å². The smallest absolute Gasteiger partial charge is 0.106 e. The third-order valence-corrected chi connectivity index (χ3v) is 5.09. The number of rotatable bonds is 3. The molecule has 2 aromatic rings. The van der Waals surface area contributed by atoms with Gasteiger partial charge in [-0.3, -0.25) is 0 Å². The van der Waals surface area contributed by atoms with Gasteiger partial charge in [-0.1, -0.05) is 31.2 Å². The van der Waals surface area contributed by atoms with E-state index in [0.29, 0.717) is 0 Å². The van der Waals surface area contributed by atoms with Crippen molar-refractivity contribution in [2.75, 3.05) is 0 Å². The normalized spacial score (nSPS) is 12.7. The van der Waals surface area contributed by atoms with E-state index in [0.717, 1.165) is 25.1 Å². The van der Waals surface area contributed by atoms with Gasteiger partial charge < -0.3 is 5.11 Å². The number of benzene rings is 1. The maximum absolute atomic E-state index is 10.5. The molecule has 0 radical (unpaired) electrons. The summed E-state index contributed by atoms with van der Waals surface area (Å²) in [6.45, 7) is 2.10. The Morgan fingerprint density at radius 1 is 1.24 bits per heavy atom. The lowest BCUT2D eigenvalue weighted by molar-refractivity contribution is 0.219. The van der Waals surface area contributed by atoms with Gasteiger partial charge in [0.05, 0.1) is 7.57 Å². The van der Waals surface area contributed by atoms with Crippen LogP contribution in [-0.4, -0.2) is 5.11 Å². The van der Waals surface area contributed by atoms with E-state index in [-0.39, 0.29) is 0 Å². The first-order valence-corrected chi connectivity index (χ1v) is 7.74. The van der Waals surface area contributed by atoms with Crippen LogP contribution in [0.2, 0.25) is 0 Å². The predicted molar refractivity (Wildman–Crippen MR) is 79.6 cm³/mol. The predicted octanol–water partition coefficient (Wildman–Crippen LogP) is 4.92. The molecular formula is C13H12Br2OS. The first kappa shape index (κ1) is 13.3. The minimum atomic E-state index is -0.567. The van der Waals surface area contributed by atoms with Crippen molar-refractivity contribution in [3.63, 3.8) is 0 Å². The minimum Gasteiger partial charge on any atom is -0.384 e. The van der Waals surface area contributed by atoms with Gasteiger partial charge in [-0.2, -0.15) is 0 Å². The number of hydrogen-bond acceptors (Lipinski definition) is 2. The van der Waals surface area contributed by atoms with Crippen molar-refractivity contribution in [3.05, 3.63) is 54.6 Å². The highest BCUT2D eigenvalue weighted by molar-refractivity contribution is 9.12. The summed E-state index contributed by atoms with van der Waals surface area (Å²) < 4.78 is 2.00. The molecule has 1 unspecified atom stereocenters. The van der Waals surface area contributed by atoms with Gasteiger partial charge in [0.1, 0.15) is 6.10 Å². The van der Waals surface area contributed by atoms with Crippen LogP contribution in [0.1, 0.15) is 29.7 Å². The summed E-state index contributed by atoms with van der Waals surface area (Å²) in [5.74, 6) is 0. The van der Waals surface area contributed by atoms with Crippen LogP contribution >= 0.6 is 43.2 Å². The summed E-state index contributed by atoms with van der Waals surface area (Å²) in [6, 6.07) is 9.99. The number of aryl methyl sites for hydroxylation is 1. The van der Waals surface area contributed by atoms with Crippen LogP contribution in [0.4, 0.5) is 0 Å². The van der Waals surface area contributed by atoms with E-state index in [1.54, 1.807) is 11.3 Å². The monoisotopic (exact) mass is 374 g/mol. The van der Waals surface area contributed by atoms with Gasteiger partial charge in [0, 0.05) is 5.56 Å². The van der Waals surface area contributed by atoms with Crippen LogP contribution in [0, 0.1) is 0 Å². The fourth-order valence-electron chi connectivity index (χ4n) is 1.83. The Morgan fingerprint density at radius 3 is 2.53 bits per heavy atom. The minimum absolute atomic E-state index is 0.567. The zero-order valence-electron chi connectivity index (χ0n) is 9.28. The molecule has 1 aromatic carbocycles. The standard InChI is InChI=1S/C13H12Br2OS/c1-2-8-5-3-4-6-9(8)12(16)10-7-11(14)17-13(10)15/h3-7,12,16H,2H2,1H3. The van der Waals surface area contributed by atoms with E-state index >= 15 is 0 Å². The number of halogens is 2. The summed E-state index contributed by atoms with van der Waals surface area (Å²) in [5.41, 5.74) is 3.10. The van der Waals surface area contributed by atoms with Gasteiger partial charge in [0.2, 0.25) is 0 Å². The van der Waals surface area contributed by atoms with Gasteiger partial charge in [-0.05, 0) is 55.5 Å². The molecule has 0 aliphatic heterocycles. The maximum atomic E-state index is 10.5. The van der Waals surface area contributed by atoms with E-state index in [1.165, 1.54) is 5.56 Å². The highest BCUT2D eigenvalue weighted by Gasteiger charge is 2.18. The Bertz CT molecular complexity index is 522. The number of hydrogen-bond donors (Lipinski definition) is 1. The highest BCUT2D eigenvalue weighted by Crippen LogP contribution is 2.38. The fraction of sp³-hybridized carbons (Fsp3) is 0.231. The molecule has 1 N–H and O–H groups in total. The molecule has 0 aliphatic carbocycles. The van der Waals surface area contributed by atoms with Crippen molar-refractivity contribution >= 4 is 43.2 Å². The lowest BCUT2D eigenvalue weighted by Crippen LogP contribution is -2.02. The molecule has 17 heavy (non-hydrogen) atoms. The Labute approximate surface area is 122 Å². The summed E-state index contributed by atoms with van der Waals surface area (Å²) in [6.07, 6.45) is 0.360. The highest BCUT2D eigenvalue weighted by atomic mass is 79.9. The fourth-order valence-corrected chi connectivity index (χ4v) is 4.71. The molecule has 0 aliphatic rings. The summed E-state index contributed by atoms with van der Waals surface area (Å²) in [5, 5.41) is 10.5. The van der Waals surface area contributed by atoms with Crippen LogP contribution in [0.3, 0.4) is 0 Å². The number of aliphatic hydroxyl groups excluding tert-OH is 1. The van der Waals surface area contributed by atoms with Crippen molar-refractivity contribution in [1.29, 1.82) is 0 Å². The molecule has 1 atom stereocenters. The van der Waals surface area contributed by atoms with Crippen LogP contribution in [0.25, 0.3) is 0 Å². The van der Waals surface area contributed by atoms with Crippen molar-refractivity contribution < 1.29 is 5.11 Å². The zero-order valence-corrected chi connectivity index (χ0v) is 13.3. The largest absolute Gasteiger partial charge is 0.384 e. The Hall–Kier alpha value is -0.160. The molecule has 0 saturated heterocycles. The Kier molecular flexibility index (Phi) is 4.42. The molecule has 0 amide bonds. The van der Waals surface area contributed by atoms with Crippen LogP contribution in [-0.2, 0) is 6.42 Å². The van der Waals surface area contributed by atoms with Gasteiger partial charge >= 0.3 is 0 Å². The molecule has 1 nitrogen and oxygen atoms in total. The molecule has 0 bridgehead atoms. The van der Waals surface area contributed by atoms with Crippen LogP contribution in [0.5, 0.6) is 0 Å². The molecule has 4 heteroatoms. The number of thiophene rings is 1. The molecule has 0 fully saturated rings. The molecule has 0 spiro atoms. The second kappa shape index (κ2) is 5.65. The van der Waals surface area contributed by atoms with Gasteiger partial charge in [0.25, 0.3) is 0 Å². The molecule has 0 saturated carbocycles. The van der Waals surface area contributed by atoms with Crippen molar-refractivity contribution in [2.45, 2.75) is 19.4 Å².